The smallest absolute Gasteiger partial charge is 0.220 e. The minimum absolute atomic E-state index is 0.0764. The van der Waals surface area contributed by atoms with Crippen LogP contribution in [0.5, 0.6) is 0 Å². The number of aliphatic hydroxyl groups is 2. The Morgan fingerprint density at radius 2 is 0.750 bits per heavy atom. The SMILES string of the molecule is CCCCCCCCCCCCCCCCCC/C=C/CC/C=C/CC/C=C/C(O)C(CO)NC(=O)CCCCCCCCCCCCCCCC. The van der Waals surface area contributed by atoms with E-state index in [0.29, 0.717) is 6.42 Å². The fourth-order valence-corrected chi connectivity index (χ4v) is 7.03. The van der Waals surface area contributed by atoms with Crippen molar-refractivity contribution in [3.8, 4) is 0 Å². The third-order valence-electron chi connectivity index (χ3n) is 10.6. The molecule has 0 fully saturated rings. The lowest BCUT2D eigenvalue weighted by Gasteiger charge is -2.19. The summed E-state index contributed by atoms with van der Waals surface area (Å²) in [6, 6.07) is -0.642. The molecule has 0 heterocycles. The first-order chi connectivity index (χ1) is 25.7. The molecule has 2 unspecified atom stereocenters. The molecule has 2 atom stereocenters. The van der Waals surface area contributed by atoms with Gasteiger partial charge in [-0.3, -0.25) is 4.79 Å². The molecule has 1 amide bonds. The lowest BCUT2D eigenvalue weighted by molar-refractivity contribution is -0.123. The molecule has 0 aromatic carbocycles. The Balaban J connectivity index is 3.59. The monoisotopic (exact) mass is 730 g/mol. The van der Waals surface area contributed by atoms with Gasteiger partial charge in [-0.05, 0) is 44.9 Å². The summed E-state index contributed by atoms with van der Waals surface area (Å²) in [6.07, 6.45) is 58.4. The van der Waals surface area contributed by atoms with E-state index in [4.69, 9.17) is 0 Å². The summed E-state index contributed by atoms with van der Waals surface area (Å²) in [5.74, 6) is -0.0764. The molecular formula is C48H91NO3. The molecular weight excluding hydrogens is 639 g/mol. The van der Waals surface area contributed by atoms with E-state index in [1.165, 1.54) is 186 Å². The van der Waals surface area contributed by atoms with Crippen molar-refractivity contribution < 1.29 is 15.0 Å². The molecule has 3 N–H and O–H groups in total. The summed E-state index contributed by atoms with van der Waals surface area (Å²) in [4.78, 5) is 12.4. The Hall–Kier alpha value is -1.39. The Morgan fingerprint density at radius 1 is 0.442 bits per heavy atom. The van der Waals surface area contributed by atoms with Crippen molar-refractivity contribution in [3.63, 3.8) is 0 Å². The van der Waals surface area contributed by atoms with Gasteiger partial charge in [-0.2, -0.15) is 0 Å². The number of nitrogens with one attached hydrogen (secondary N) is 1. The summed E-state index contributed by atoms with van der Waals surface area (Å²) in [5, 5.41) is 23.0. The highest BCUT2D eigenvalue weighted by molar-refractivity contribution is 5.76. The molecule has 0 aliphatic rings. The molecule has 0 saturated carbocycles. The third-order valence-corrected chi connectivity index (χ3v) is 10.6. The topological polar surface area (TPSA) is 69.6 Å². The van der Waals surface area contributed by atoms with E-state index in [1.807, 2.05) is 6.08 Å². The maximum Gasteiger partial charge on any atom is 0.220 e. The molecule has 0 aliphatic heterocycles. The molecule has 0 radical (unpaired) electrons. The number of rotatable bonds is 42. The van der Waals surface area contributed by atoms with Crippen molar-refractivity contribution in [1.82, 2.24) is 5.32 Å². The van der Waals surface area contributed by atoms with Crippen LogP contribution < -0.4 is 5.32 Å². The second kappa shape index (κ2) is 44.0. The van der Waals surface area contributed by atoms with Crippen LogP contribution in [-0.4, -0.2) is 34.9 Å². The molecule has 0 aromatic heterocycles. The molecule has 0 aliphatic carbocycles. The van der Waals surface area contributed by atoms with Crippen molar-refractivity contribution in [2.45, 2.75) is 257 Å². The average molecular weight is 730 g/mol. The highest BCUT2D eigenvalue weighted by atomic mass is 16.3. The van der Waals surface area contributed by atoms with Gasteiger partial charge in [-0.15, -0.1) is 0 Å². The van der Waals surface area contributed by atoms with E-state index in [0.717, 1.165) is 38.5 Å². The predicted molar refractivity (Wildman–Crippen MR) is 230 cm³/mol. The number of allylic oxidation sites excluding steroid dienone is 5. The third kappa shape index (κ3) is 39.8. The first-order valence-electron chi connectivity index (χ1n) is 23.2. The standard InChI is InChI=1S/C48H91NO3/c1-3-5-7-9-11-13-15-17-19-20-21-22-23-24-25-26-27-28-29-30-31-33-35-37-39-41-43-47(51)46(45-50)49-48(52)44-42-40-38-36-34-32-18-16-14-12-10-8-6-4-2/h28-29,33,35,41,43,46-47,50-51H,3-27,30-32,34,36-40,42,44-45H2,1-2H3,(H,49,52)/b29-28+,35-33+,43-41+. The zero-order valence-electron chi connectivity index (χ0n) is 35.1. The van der Waals surface area contributed by atoms with Crippen molar-refractivity contribution in [3.05, 3.63) is 36.5 Å². The Morgan fingerprint density at radius 3 is 1.12 bits per heavy atom. The Bertz CT molecular complexity index is 790. The molecule has 0 spiro atoms. The fourth-order valence-electron chi connectivity index (χ4n) is 7.03. The van der Waals surface area contributed by atoms with Crippen LogP contribution in [0.2, 0.25) is 0 Å². The highest BCUT2D eigenvalue weighted by Gasteiger charge is 2.17. The summed E-state index contributed by atoms with van der Waals surface area (Å²) >= 11 is 0. The number of aliphatic hydroxyl groups excluding tert-OH is 2. The fraction of sp³-hybridized carbons (Fsp3) is 0.854. The van der Waals surface area contributed by atoms with Gasteiger partial charge in [0.1, 0.15) is 0 Å². The van der Waals surface area contributed by atoms with Gasteiger partial charge in [-0.1, -0.05) is 230 Å². The molecule has 0 bridgehead atoms. The van der Waals surface area contributed by atoms with Crippen molar-refractivity contribution in [2.24, 2.45) is 0 Å². The van der Waals surface area contributed by atoms with Crippen LogP contribution in [0.3, 0.4) is 0 Å². The van der Waals surface area contributed by atoms with E-state index >= 15 is 0 Å². The number of unbranched alkanes of at least 4 members (excludes halogenated alkanes) is 31. The number of hydrogen-bond acceptors (Lipinski definition) is 3. The molecule has 52 heavy (non-hydrogen) atoms. The first kappa shape index (κ1) is 50.6. The van der Waals surface area contributed by atoms with Crippen LogP contribution in [0.1, 0.15) is 245 Å². The van der Waals surface area contributed by atoms with Crippen LogP contribution in [0, 0.1) is 0 Å². The largest absolute Gasteiger partial charge is 0.394 e. The van der Waals surface area contributed by atoms with Crippen LogP contribution >= 0.6 is 0 Å². The normalized spacial score (nSPS) is 13.2. The van der Waals surface area contributed by atoms with Gasteiger partial charge in [0.15, 0.2) is 0 Å². The van der Waals surface area contributed by atoms with Gasteiger partial charge < -0.3 is 15.5 Å². The molecule has 306 valence electrons. The van der Waals surface area contributed by atoms with Gasteiger partial charge in [0.05, 0.1) is 18.8 Å². The lowest BCUT2D eigenvalue weighted by atomic mass is 10.0. The quantitative estimate of drug-likeness (QED) is 0.0433. The lowest BCUT2D eigenvalue weighted by Crippen LogP contribution is -2.45. The van der Waals surface area contributed by atoms with Gasteiger partial charge in [0, 0.05) is 6.42 Å². The maximum absolute atomic E-state index is 12.4. The molecule has 0 rings (SSSR count). The second-order valence-electron chi connectivity index (χ2n) is 15.8. The van der Waals surface area contributed by atoms with E-state index < -0.39 is 12.1 Å². The van der Waals surface area contributed by atoms with Gasteiger partial charge >= 0.3 is 0 Å². The molecule has 4 heteroatoms. The van der Waals surface area contributed by atoms with E-state index in [2.05, 4.69) is 43.5 Å². The number of hydrogen-bond donors (Lipinski definition) is 3. The molecule has 0 aromatic rings. The summed E-state index contributed by atoms with van der Waals surface area (Å²) < 4.78 is 0. The summed E-state index contributed by atoms with van der Waals surface area (Å²) in [5.41, 5.74) is 0. The van der Waals surface area contributed by atoms with Crippen molar-refractivity contribution >= 4 is 5.91 Å². The van der Waals surface area contributed by atoms with Gasteiger partial charge in [0.25, 0.3) is 0 Å². The summed E-state index contributed by atoms with van der Waals surface area (Å²) in [6.45, 7) is 4.30. The highest BCUT2D eigenvalue weighted by Crippen LogP contribution is 2.15. The second-order valence-corrected chi connectivity index (χ2v) is 15.8. The number of amides is 1. The van der Waals surface area contributed by atoms with E-state index in [9.17, 15) is 15.0 Å². The Labute approximate surface area is 325 Å². The maximum atomic E-state index is 12.4. The molecule has 4 nitrogen and oxygen atoms in total. The van der Waals surface area contributed by atoms with Crippen LogP contribution in [-0.2, 0) is 4.79 Å². The number of carbonyl (C=O) groups is 1. The number of carbonyl (C=O) groups excluding carboxylic acids is 1. The van der Waals surface area contributed by atoms with Gasteiger partial charge in [-0.25, -0.2) is 0 Å². The van der Waals surface area contributed by atoms with Crippen LogP contribution in [0.15, 0.2) is 36.5 Å². The zero-order valence-corrected chi connectivity index (χ0v) is 35.1. The average Bonchev–Trinajstić information content (AvgIpc) is 3.15. The van der Waals surface area contributed by atoms with E-state index in [1.54, 1.807) is 6.08 Å². The van der Waals surface area contributed by atoms with Crippen LogP contribution in [0.4, 0.5) is 0 Å². The van der Waals surface area contributed by atoms with E-state index in [-0.39, 0.29) is 12.5 Å². The van der Waals surface area contributed by atoms with Crippen LogP contribution in [0.25, 0.3) is 0 Å². The first-order valence-corrected chi connectivity index (χ1v) is 23.2. The summed E-state index contributed by atoms with van der Waals surface area (Å²) in [7, 11) is 0. The van der Waals surface area contributed by atoms with Gasteiger partial charge in [0.2, 0.25) is 5.91 Å². The Kier molecular flexibility index (Phi) is 42.8. The predicted octanol–water partition coefficient (Wildman–Crippen LogP) is 14.6. The molecule has 0 saturated heterocycles. The van der Waals surface area contributed by atoms with Crippen molar-refractivity contribution in [2.75, 3.05) is 6.61 Å². The van der Waals surface area contributed by atoms with Crippen molar-refractivity contribution in [1.29, 1.82) is 0 Å². The minimum Gasteiger partial charge on any atom is -0.394 e. The minimum atomic E-state index is -0.867. The zero-order chi connectivity index (χ0) is 37.8.